The fraction of sp³-hybridized carbons (Fsp3) is 0.500. The van der Waals surface area contributed by atoms with Gasteiger partial charge in [-0.1, -0.05) is 6.07 Å². The van der Waals surface area contributed by atoms with E-state index in [0.29, 0.717) is 26.2 Å². The van der Waals surface area contributed by atoms with Crippen molar-refractivity contribution in [2.45, 2.75) is 19.1 Å². The average Bonchev–Trinajstić information content (AvgIpc) is 2.60. The number of nitrogens with zero attached hydrogens (tertiary/aromatic N) is 2. The third-order valence-corrected chi connectivity index (χ3v) is 4.13. The summed E-state index contributed by atoms with van der Waals surface area (Å²) < 4.78 is 42.8. The minimum Gasteiger partial charge on any atom is -0.468 e. The highest BCUT2D eigenvalue weighted by molar-refractivity contribution is 5.89. The number of esters is 1. The minimum absolute atomic E-state index is 0.0881. The minimum atomic E-state index is -4.46. The molecule has 0 saturated carbocycles. The Kier molecular flexibility index (Phi) is 5.89. The van der Waals surface area contributed by atoms with Crippen molar-refractivity contribution in [2.24, 2.45) is 0 Å². The second-order valence-electron chi connectivity index (χ2n) is 5.73. The van der Waals surface area contributed by atoms with Crippen LogP contribution in [0.4, 0.5) is 23.7 Å². The van der Waals surface area contributed by atoms with Gasteiger partial charge in [0.1, 0.15) is 6.04 Å². The molecule has 1 saturated heterocycles. The van der Waals surface area contributed by atoms with Gasteiger partial charge in [-0.2, -0.15) is 13.2 Å². The number of carbonyl (C=O) groups excluding carboxylic acids is 2. The number of anilines is 1. The van der Waals surface area contributed by atoms with E-state index in [9.17, 15) is 22.8 Å². The van der Waals surface area contributed by atoms with Crippen LogP contribution >= 0.6 is 0 Å². The SMILES string of the molecule is COC(=O)C(C)N1CCN(C(=O)Nc2cccc(C(F)(F)F)c2)CC1. The number of benzene rings is 1. The molecule has 1 heterocycles. The predicted octanol–water partition coefficient (Wildman–Crippen LogP) is 2.42. The molecule has 2 amide bonds. The van der Waals surface area contributed by atoms with E-state index < -0.39 is 23.8 Å². The second-order valence-corrected chi connectivity index (χ2v) is 5.73. The summed E-state index contributed by atoms with van der Waals surface area (Å²) in [6.45, 7) is 3.42. The van der Waals surface area contributed by atoms with Gasteiger partial charge in [0.05, 0.1) is 12.7 Å². The Morgan fingerprint density at radius 2 is 1.84 bits per heavy atom. The number of halogens is 3. The van der Waals surface area contributed by atoms with E-state index in [-0.39, 0.29) is 11.7 Å². The second kappa shape index (κ2) is 7.73. The number of hydrogen-bond donors (Lipinski definition) is 1. The van der Waals surface area contributed by atoms with E-state index in [0.717, 1.165) is 12.1 Å². The number of piperazine rings is 1. The van der Waals surface area contributed by atoms with E-state index in [1.165, 1.54) is 24.1 Å². The maximum Gasteiger partial charge on any atom is 0.416 e. The maximum absolute atomic E-state index is 12.7. The lowest BCUT2D eigenvalue weighted by atomic mass is 10.2. The zero-order valence-electron chi connectivity index (χ0n) is 14.0. The summed E-state index contributed by atoms with van der Waals surface area (Å²) in [4.78, 5) is 27.1. The molecule has 0 aromatic heterocycles. The molecule has 1 N–H and O–H groups in total. The van der Waals surface area contributed by atoms with Gasteiger partial charge in [0.15, 0.2) is 0 Å². The first-order chi connectivity index (χ1) is 11.7. The zero-order chi connectivity index (χ0) is 18.6. The molecule has 1 aliphatic rings. The first-order valence-electron chi connectivity index (χ1n) is 7.77. The lowest BCUT2D eigenvalue weighted by Gasteiger charge is -2.36. The summed E-state index contributed by atoms with van der Waals surface area (Å²) in [5, 5.41) is 2.48. The summed E-state index contributed by atoms with van der Waals surface area (Å²) in [6.07, 6.45) is -4.46. The van der Waals surface area contributed by atoms with Crippen molar-refractivity contribution in [3.05, 3.63) is 29.8 Å². The summed E-state index contributed by atoms with van der Waals surface area (Å²) in [5.41, 5.74) is -0.729. The first-order valence-corrected chi connectivity index (χ1v) is 7.77. The van der Waals surface area contributed by atoms with Crippen LogP contribution < -0.4 is 5.32 Å². The zero-order valence-corrected chi connectivity index (χ0v) is 14.0. The van der Waals surface area contributed by atoms with Crippen LogP contribution in [-0.4, -0.2) is 61.1 Å². The highest BCUT2D eigenvalue weighted by Crippen LogP contribution is 2.30. The van der Waals surface area contributed by atoms with Gasteiger partial charge in [-0.15, -0.1) is 0 Å². The van der Waals surface area contributed by atoms with Gasteiger partial charge in [-0.05, 0) is 25.1 Å². The fourth-order valence-electron chi connectivity index (χ4n) is 2.61. The van der Waals surface area contributed by atoms with Gasteiger partial charge in [0.2, 0.25) is 0 Å². The van der Waals surface area contributed by atoms with Gasteiger partial charge >= 0.3 is 18.2 Å². The van der Waals surface area contributed by atoms with E-state index >= 15 is 0 Å². The molecule has 2 rings (SSSR count). The highest BCUT2D eigenvalue weighted by atomic mass is 19.4. The van der Waals surface area contributed by atoms with Crippen molar-refractivity contribution in [3.63, 3.8) is 0 Å². The van der Waals surface area contributed by atoms with Gasteiger partial charge in [-0.3, -0.25) is 9.69 Å². The average molecular weight is 359 g/mol. The maximum atomic E-state index is 12.7. The Labute approximate surface area is 143 Å². The normalized spacial score (nSPS) is 17.1. The van der Waals surface area contributed by atoms with Crippen molar-refractivity contribution in [1.29, 1.82) is 0 Å². The predicted molar refractivity (Wildman–Crippen MR) is 85.1 cm³/mol. The Morgan fingerprint density at radius 1 is 1.20 bits per heavy atom. The van der Waals surface area contributed by atoms with Gasteiger partial charge in [0, 0.05) is 31.9 Å². The van der Waals surface area contributed by atoms with E-state index in [4.69, 9.17) is 4.74 Å². The van der Waals surface area contributed by atoms with Crippen LogP contribution in [0.15, 0.2) is 24.3 Å². The summed E-state index contributed by atoms with van der Waals surface area (Å²) in [5.74, 6) is -0.345. The van der Waals surface area contributed by atoms with E-state index in [1.54, 1.807) is 6.92 Å². The number of ether oxygens (including phenoxy) is 1. The fourth-order valence-corrected chi connectivity index (χ4v) is 2.61. The Bertz CT molecular complexity index is 629. The lowest BCUT2D eigenvalue weighted by molar-refractivity contribution is -0.146. The number of rotatable bonds is 3. The number of carbonyl (C=O) groups is 2. The highest BCUT2D eigenvalue weighted by Gasteiger charge is 2.31. The molecule has 0 aliphatic carbocycles. The van der Waals surface area contributed by atoms with Crippen LogP contribution in [0.25, 0.3) is 0 Å². The number of nitrogens with one attached hydrogen (secondary N) is 1. The molecule has 1 atom stereocenters. The molecular weight excluding hydrogens is 339 g/mol. The van der Waals surface area contributed by atoms with Crippen LogP contribution in [0.5, 0.6) is 0 Å². The van der Waals surface area contributed by atoms with Gasteiger partial charge in [-0.25, -0.2) is 4.79 Å². The molecule has 0 spiro atoms. The lowest BCUT2D eigenvalue weighted by Crippen LogP contribution is -2.54. The topological polar surface area (TPSA) is 61.9 Å². The van der Waals surface area contributed by atoms with Crippen LogP contribution in [-0.2, 0) is 15.7 Å². The summed E-state index contributed by atoms with van der Waals surface area (Å²) in [6, 6.07) is 3.62. The van der Waals surface area contributed by atoms with Gasteiger partial charge < -0.3 is 15.0 Å². The van der Waals surface area contributed by atoms with Gasteiger partial charge in [0.25, 0.3) is 0 Å². The van der Waals surface area contributed by atoms with E-state index in [1.807, 2.05) is 4.90 Å². The quantitative estimate of drug-likeness (QED) is 0.842. The monoisotopic (exact) mass is 359 g/mol. The molecule has 1 fully saturated rings. The summed E-state index contributed by atoms with van der Waals surface area (Å²) >= 11 is 0. The molecule has 0 bridgehead atoms. The number of urea groups is 1. The molecule has 1 aliphatic heterocycles. The van der Waals surface area contributed by atoms with E-state index in [2.05, 4.69) is 5.32 Å². The molecule has 138 valence electrons. The standard InChI is InChI=1S/C16H20F3N3O3/c1-11(14(23)25-2)21-6-8-22(9-7-21)15(24)20-13-5-3-4-12(10-13)16(17,18)19/h3-5,10-11H,6-9H2,1-2H3,(H,20,24). The number of alkyl halides is 3. The van der Waals surface area contributed by atoms with Crippen LogP contribution in [0.3, 0.4) is 0 Å². The largest absolute Gasteiger partial charge is 0.468 e. The molecule has 25 heavy (non-hydrogen) atoms. The Balaban J connectivity index is 1.92. The molecule has 1 aromatic rings. The number of hydrogen-bond acceptors (Lipinski definition) is 4. The third-order valence-electron chi connectivity index (χ3n) is 4.13. The van der Waals surface area contributed by atoms with Crippen LogP contribution in [0, 0.1) is 0 Å². The van der Waals surface area contributed by atoms with Crippen molar-refractivity contribution in [1.82, 2.24) is 9.80 Å². The Morgan fingerprint density at radius 3 is 2.40 bits per heavy atom. The third kappa shape index (κ3) is 4.85. The first kappa shape index (κ1) is 19.0. The molecule has 1 unspecified atom stereocenters. The number of amides is 2. The van der Waals surface area contributed by atoms with Crippen molar-refractivity contribution >= 4 is 17.7 Å². The van der Waals surface area contributed by atoms with Crippen molar-refractivity contribution < 1.29 is 27.5 Å². The van der Waals surface area contributed by atoms with Crippen molar-refractivity contribution in [3.8, 4) is 0 Å². The molecule has 6 nitrogen and oxygen atoms in total. The smallest absolute Gasteiger partial charge is 0.416 e. The van der Waals surface area contributed by atoms with Crippen LogP contribution in [0.1, 0.15) is 12.5 Å². The molecule has 0 radical (unpaired) electrons. The van der Waals surface area contributed by atoms with Crippen molar-refractivity contribution in [2.75, 3.05) is 38.6 Å². The van der Waals surface area contributed by atoms with Crippen LogP contribution in [0.2, 0.25) is 0 Å². The molecule has 9 heteroatoms. The Hall–Kier alpha value is -2.29. The molecular formula is C16H20F3N3O3. The summed E-state index contributed by atoms with van der Waals surface area (Å²) in [7, 11) is 1.32. The molecule has 1 aromatic carbocycles. The number of methoxy groups -OCH3 is 1.